The van der Waals surface area contributed by atoms with Gasteiger partial charge in [-0.3, -0.25) is 4.68 Å². The molecule has 2 aromatic heterocycles. The Morgan fingerprint density at radius 2 is 1.85 bits per heavy atom. The topological polar surface area (TPSA) is 95.7 Å². The lowest BCUT2D eigenvalue weighted by Crippen LogP contribution is -2.29. The molecule has 0 aliphatic carbocycles. The number of halogens is 2. The summed E-state index contributed by atoms with van der Waals surface area (Å²) >= 11 is 7.04. The van der Waals surface area contributed by atoms with Gasteiger partial charge in [0, 0.05) is 48.2 Å². The maximum Gasteiger partial charge on any atom is 0.355 e. The molecule has 0 bridgehead atoms. The lowest BCUT2D eigenvalue weighted by Gasteiger charge is -2.17. The zero-order chi connectivity index (χ0) is 33.5. The standard InChI is InChI=1S/C35H38ClFN4O5S/c1-5-29-32-28(38-40(29)4)21-39(3)47(43,44)19-9-17-41-33-26(15-16-27(36)31(32)33)25(34(41)35(42)45-6-2)11-8-18-46-30-12-7-10-22-20-23(37)13-14-24(22)30/h7,10,12-16,20H,5-6,8-9,11,17-19,21H2,1-4H3. The Bertz CT molecular complexity index is 2110. The number of hydrogen-bond donors (Lipinski definition) is 0. The first kappa shape index (κ1) is 33.0. The van der Waals surface area contributed by atoms with Gasteiger partial charge >= 0.3 is 5.97 Å². The van der Waals surface area contributed by atoms with Crippen LogP contribution in [-0.2, 0) is 47.7 Å². The molecule has 1 aliphatic rings. The fourth-order valence-electron chi connectivity index (χ4n) is 6.72. The van der Waals surface area contributed by atoms with Crippen molar-refractivity contribution in [1.29, 1.82) is 0 Å². The number of nitrogens with zero attached hydrogens (tertiary/aromatic N) is 4. The van der Waals surface area contributed by atoms with Crippen LogP contribution in [0.2, 0.25) is 5.02 Å². The minimum absolute atomic E-state index is 0.0919. The van der Waals surface area contributed by atoms with E-state index in [1.54, 1.807) is 24.7 Å². The molecule has 12 heteroatoms. The van der Waals surface area contributed by atoms with Crippen LogP contribution in [-0.4, -0.2) is 59.1 Å². The molecule has 0 amide bonds. The van der Waals surface area contributed by atoms with E-state index in [9.17, 15) is 17.6 Å². The molecule has 0 unspecified atom stereocenters. The van der Waals surface area contributed by atoms with E-state index < -0.39 is 16.0 Å². The van der Waals surface area contributed by atoms with Gasteiger partial charge in [-0.15, -0.1) is 0 Å². The van der Waals surface area contributed by atoms with Crippen molar-refractivity contribution in [2.75, 3.05) is 26.0 Å². The fourth-order valence-corrected chi connectivity index (χ4v) is 8.09. The van der Waals surface area contributed by atoms with E-state index in [0.29, 0.717) is 48.0 Å². The van der Waals surface area contributed by atoms with Gasteiger partial charge in [0.15, 0.2) is 0 Å². The van der Waals surface area contributed by atoms with Crippen LogP contribution in [0.25, 0.3) is 32.8 Å². The number of aromatic nitrogens is 3. The van der Waals surface area contributed by atoms with Gasteiger partial charge in [0.1, 0.15) is 17.3 Å². The highest BCUT2D eigenvalue weighted by Gasteiger charge is 2.32. The fraction of sp³-hybridized carbons (Fsp3) is 0.371. The number of ether oxygens (including phenoxy) is 2. The molecule has 6 rings (SSSR count). The van der Waals surface area contributed by atoms with Gasteiger partial charge in [0.2, 0.25) is 10.0 Å². The van der Waals surface area contributed by atoms with Gasteiger partial charge in [-0.05, 0) is 73.9 Å². The minimum atomic E-state index is -3.61. The van der Waals surface area contributed by atoms with Crippen LogP contribution in [0.15, 0.2) is 48.5 Å². The molecular formula is C35H38ClFN4O5S. The van der Waals surface area contributed by atoms with Crippen LogP contribution in [0.4, 0.5) is 4.39 Å². The first-order valence-electron chi connectivity index (χ1n) is 15.9. The summed E-state index contributed by atoms with van der Waals surface area (Å²) in [6.45, 7) is 4.68. The first-order valence-corrected chi connectivity index (χ1v) is 17.8. The maximum atomic E-state index is 13.8. The summed E-state index contributed by atoms with van der Waals surface area (Å²) in [7, 11) is -0.192. The van der Waals surface area contributed by atoms with Crippen molar-refractivity contribution in [1.82, 2.24) is 18.7 Å². The largest absolute Gasteiger partial charge is 0.493 e. The lowest BCUT2D eigenvalue weighted by atomic mass is 9.97. The van der Waals surface area contributed by atoms with Crippen LogP contribution in [0.3, 0.4) is 0 Å². The summed E-state index contributed by atoms with van der Waals surface area (Å²) in [4.78, 5) is 13.8. The van der Waals surface area contributed by atoms with Gasteiger partial charge in [-0.1, -0.05) is 36.7 Å². The van der Waals surface area contributed by atoms with E-state index in [1.807, 2.05) is 48.9 Å². The van der Waals surface area contributed by atoms with E-state index >= 15 is 0 Å². The molecule has 0 radical (unpaired) electrons. The molecule has 47 heavy (non-hydrogen) atoms. The maximum absolute atomic E-state index is 13.8. The Kier molecular flexibility index (Phi) is 9.33. The summed E-state index contributed by atoms with van der Waals surface area (Å²) in [6.07, 6.45) is 1.97. The van der Waals surface area contributed by atoms with Gasteiger partial charge in [-0.2, -0.15) is 9.40 Å². The molecule has 5 aromatic rings. The number of carbonyl (C=O) groups excluding carboxylic acids is 1. The highest BCUT2D eigenvalue weighted by atomic mass is 35.5. The summed E-state index contributed by atoms with van der Waals surface area (Å²) in [6, 6.07) is 13.9. The van der Waals surface area contributed by atoms with Crippen LogP contribution >= 0.6 is 11.6 Å². The molecule has 0 saturated carbocycles. The van der Waals surface area contributed by atoms with E-state index in [0.717, 1.165) is 44.1 Å². The van der Waals surface area contributed by atoms with Gasteiger partial charge in [0.05, 0.1) is 41.7 Å². The second-order valence-corrected chi connectivity index (χ2v) is 14.4. The molecule has 248 valence electrons. The molecule has 9 nitrogen and oxygen atoms in total. The smallest absolute Gasteiger partial charge is 0.355 e. The Labute approximate surface area is 278 Å². The zero-order valence-corrected chi connectivity index (χ0v) is 28.5. The van der Waals surface area contributed by atoms with Crippen molar-refractivity contribution in [2.45, 2.75) is 52.6 Å². The lowest BCUT2D eigenvalue weighted by molar-refractivity contribution is 0.0512. The van der Waals surface area contributed by atoms with Crippen molar-refractivity contribution in [2.24, 2.45) is 7.05 Å². The Hall–Kier alpha value is -3.93. The normalized spacial score (nSPS) is 15.0. The number of hydrogen-bond acceptors (Lipinski definition) is 6. The summed E-state index contributed by atoms with van der Waals surface area (Å²) in [5, 5.41) is 7.67. The number of aryl methyl sites for hydroxylation is 3. The molecular weight excluding hydrogens is 643 g/mol. The summed E-state index contributed by atoms with van der Waals surface area (Å²) < 4.78 is 57.3. The Morgan fingerprint density at radius 3 is 2.62 bits per heavy atom. The monoisotopic (exact) mass is 680 g/mol. The van der Waals surface area contributed by atoms with E-state index in [4.69, 9.17) is 26.2 Å². The zero-order valence-electron chi connectivity index (χ0n) is 27.0. The van der Waals surface area contributed by atoms with Gasteiger partial charge in [-0.25, -0.2) is 17.6 Å². The van der Waals surface area contributed by atoms with Crippen molar-refractivity contribution >= 4 is 49.3 Å². The molecule has 0 atom stereocenters. The predicted molar refractivity (Wildman–Crippen MR) is 182 cm³/mol. The van der Waals surface area contributed by atoms with Gasteiger partial charge < -0.3 is 14.0 Å². The van der Waals surface area contributed by atoms with Crippen LogP contribution < -0.4 is 4.74 Å². The van der Waals surface area contributed by atoms with Gasteiger partial charge in [0.25, 0.3) is 0 Å². The van der Waals surface area contributed by atoms with Crippen LogP contribution in [0.5, 0.6) is 5.75 Å². The first-order chi connectivity index (χ1) is 22.6. The van der Waals surface area contributed by atoms with E-state index in [1.165, 1.54) is 16.4 Å². The highest BCUT2D eigenvalue weighted by Crippen LogP contribution is 2.43. The third kappa shape index (κ3) is 6.12. The van der Waals surface area contributed by atoms with E-state index in [-0.39, 0.29) is 37.7 Å². The number of sulfonamides is 1. The summed E-state index contributed by atoms with van der Waals surface area (Å²) in [5.41, 5.74) is 4.97. The Morgan fingerprint density at radius 1 is 1.06 bits per heavy atom. The predicted octanol–water partition coefficient (Wildman–Crippen LogP) is 6.90. The number of carbonyl (C=O) groups is 1. The minimum Gasteiger partial charge on any atom is -0.493 e. The SMILES string of the molecule is CCOC(=O)c1c(CCCOc2cccc3cc(F)ccc23)c2ccc(Cl)c3c2n1CCCS(=O)(=O)N(C)Cc1nn(C)c(CC)c1-3. The molecule has 0 saturated heterocycles. The van der Waals surface area contributed by atoms with Crippen molar-refractivity contribution in [3.8, 4) is 16.9 Å². The second kappa shape index (κ2) is 13.3. The van der Waals surface area contributed by atoms with Crippen molar-refractivity contribution in [3.05, 3.63) is 82.0 Å². The van der Waals surface area contributed by atoms with Crippen LogP contribution in [0, 0.1) is 5.82 Å². The third-order valence-electron chi connectivity index (χ3n) is 8.83. The van der Waals surface area contributed by atoms with Crippen molar-refractivity contribution in [3.63, 3.8) is 0 Å². The van der Waals surface area contributed by atoms with Crippen molar-refractivity contribution < 1.29 is 27.1 Å². The number of rotatable bonds is 8. The third-order valence-corrected chi connectivity index (χ3v) is 11.0. The van der Waals surface area contributed by atoms with E-state index in [2.05, 4.69) is 0 Å². The number of benzene rings is 3. The molecule has 1 aliphatic heterocycles. The number of fused-ring (bicyclic) bond motifs is 3. The number of esters is 1. The van der Waals surface area contributed by atoms with Crippen LogP contribution in [0.1, 0.15) is 54.1 Å². The second-order valence-electron chi connectivity index (χ2n) is 11.8. The molecule has 3 aromatic carbocycles. The average Bonchev–Trinajstić information content (AvgIpc) is 3.51. The Balaban J connectivity index is 1.48. The molecule has 0 spiro atoms. The summed E-state index contributed by atoms with van der Waals surface area (Å²) in [5.74, 6) is -0.226. The molecule has 0 N–H and O–H groups in total. The molecule has 0 fully saturated rings. The average molecular weight is 681 g/mol. The highest BCUT2D eigenvalue weighted by molar-refractivity contribution is 7.89. The molecule has 3 heterocycles. The quantitative estimate of drug-likeness (QED) is 0.131.